The van der Waals surface area contributed by atoms with Crippen molar-refractivity contribution in [2.75, 3.05) is 37.5 Å². The molecule has 1 aromatic carbocycles. The van der Waals surface area contributed by atoms with Crippen molar-refractivity contribution in [2.24, 2.45) is 0 Å². The topological polar surface area (TPSA) is 142 Å². The first-order valence-electron chi connectivity index (χ1n) is 13.3. The lowest BCUT2D eigenvalue weighted by Gasteiger charge is -2.26. The van der Waals surface area contributed by atoms with Crippen LogP contribution in [0.4, 0.5) is 11.8 Å². The van der Waals surface area contributed by atoms with E-state index in [1.54, 1.807) is 32.3 Å². The molecular weight excluding hydrogens is 569 g/mol. The van der Waals surface area contributed by atoms with Gasteiger partial charge >= 0.3 is 0 Å². The molecule has 13 heteroatoms. The van der Waals surface area contributed by atoms with Gasteiger partial charge in [0, 0.05) is 55.7 Å². The van der Waals surface area contributed by atoms with Crippen LogP contribution in [0.1, 0.15) is 47.3 Å². The van der Waals surface area contributed by atoms with Gasteiger partial charge in [-0.05, 0) is 37.5 Å². The molecule has 0 radical (unpaired) electrons. The SMILES string of the molecule is CNc1cc([C@@H](CO)NC(=O)C(C)N2Cc3ccc(-c4nc(NC5CCOCC5)ncc4Cl)cc3C2=O)c(Cl)cn1. The quantitative estimate of drug-likeness (QED) is 0.290. The molecule has 3 aromatic rings. The molecule has 2 aromatic heterocycles. The molecule has 0 saturated carbocycles. The number of anilines is 2. The first kappa shape index (κ1) is 29.0. The lowest BCUT2D eigenvalue weighted by atomic mass is 10.0. The van der Waals surface area contributed by atoms with E-state index >= 15 is 0 Å². The number of amides is 2. The number of benzene rings is 1. The Morgan fingerprint density at radius 2 is 1.93 bits per heavy atom. The maximum Gasteiger partial charge on any atom is 0.255 e. The van der Waals surface area contributed by atoms with Crippen molar-refractivity contribution < 1.29 is 19.4 Å². The second kappa shape index (κ2) is 12.6. The summed E-state index contributed by atoms with van der Waals surface area (Å²) < 4.78 is 5.42. The Hall–Kier alpha value is -3.51. The summed E-state index contributed by atoms with van der Waals surface area (Å²) in [5.74, 6) is 0.299. The van der Waals surface area contributed by atoms with Gasteiger partial charge in [0.05, 0.1) is 34.6 Å². The predicted octanol–water partition coefficient (Wildman–Crippen LogP) is 3.67. The third-order valence-electron chi connectivity index (χ3n) is 7.38. The third kappa shape index (κ3) is 6.23. The van der Waals surface area contributed by atoms with Gasteiger partial charge in [0.25, 0.3) is 5.91 Å². The Morgan fingerprint density at radius 1 is 1.17 bits per heavy atom. The number of nitrogens with one attached hydrogen (secondary N) is 3. The minimum atomic E-state index is -0.810. The molecule has 11 nitrogen and oxygen atoms in total. The molecule has 216 valence electrons. The predicted molar refractivity (Wildman–Crippen MR) is 156 cm³/mol. The highest BCUT2D eigenvalue weighted by atomic mass is 35.5. The summed E-state index contributed by atoms with van der Waals surface area (Å²) in [6.45, 7) is 2.91. The third-order valence-corrected chi connectivity index (χ3v) is 7.97. The summed E-state index contributed by atoms with van der Waals surface area (Å²) >= 11 is 12.8. The molecule has 1 unspecified atom stereocenters. The number of carbonyl (C=O) groups is 2. The molecule has 4 heterocycles. The molecule has 1 fully saturated rings. The second-order valence-electron chi connectivity index (χ2n) is 9.99. The number of aliphatic hydroxyl groups excluding tert-OH is 1. The van der Waals surface area contributed by atoms with Crippen molar-refractivity contribution >= 4 is 46.8 Å². The fraction of sp³-hybridized carbons (Fsp3) is 0.393. The van der Waals surface area contributed by atoms with E-state index in [2.05, 4.69) is 30.9 Å². The Bertz CT molecular complexity index is 1450. The number of ether oxygens (including phenoxy) is 1. The lowest BCUT2D eigenvalue weighted by molar-refractivity contribution is -0.126. The van der Waals surface area contributed by atoms with Gasteiger partial charge < -0.3 is 30.7 Å². The zero-order valence-electron chi connectivity index (χ0n) is 22.7. The van der Waals surface area contributed by atoms with E-state index in [0.29, 0.717) is 57.4 Å². The number of aliphatic hydroxyl groups is 1. The van der Waals surface area contributed by atoms with Crippen LogP contribution in [0.2, 0.25) is 10.0 Å². The molecule has 2 atom stereocenters. The largest absolute Gasteiger partial charge is 0.394 e. The van der Waals surface area contributed by atoms with Crippen LogP contribution in [-0.2, 0) is 16.1 Å². The molecule has 0 bridgehead atoms. The number of fused-ring (bicyclic) bond motifs is 1. The van der Waals surface area contributed by atoms with E-state index in [4.69, 9.17) is 27.9 Å². The van der Waals surface area contributed by atoms with Crippen molar-refractivity contribution in [2.45, 2.75) is 44.4 Å². The van der Waals surface area contributed by atoms with E-state index in [1.165, 1.54) is 11.1 Å². The molecule has 4 N–H and O–H groups in total. The number of nitrogens with zero attached hydrogens (tertiary/aromatic N) is 4. The Labute approximate surface area is 247 Å². The first-order chi connectivity index (χ1) is 19.8. The van der Waals surface area contributed by atoms with E-state index < -0.39 is 18.0 Å². The molecule has 5 rings (SSSR count). The van der Waals surface area contributed by atoms with Crippen LogP contribution in [0.5, 0.6) is 0 Å². The van der Waals surface area contributed by atoms with Gasteiger partial charge in [-0.1, -0.05) is 35.3 Å². The zero-order valence-corrected chi connectivity index (χ0v) is 24.2. The molecule has 2 aliphatic heterocycles. The van der Waals surface area contributed by atoms with Gasteiger partial charge in [-0.15, -0.1) is 0 Å². The van der Waals surface area contributed by atoms with Crippen molar-refractivity contribution in [3.63, 3.8) is 0 Å². The number of rotatable bonds is 9. The van der Waals surface area contributed by atoms with Crippen molar-refractivity contribution in [1.29, 1.82) is 0 Å². The number of halogens is 2. The van der Waals surface area contributed by atoms with Crippen LogP contribution in [0.15, 0.2) is 36.7 Å². The van der Waals surface area contributed by atoms with Gasteiger partial charge in [-0.3, -0.25) is 9.59 Å². The molecule has 1 saturated heterocycles. The average molecular weight is 601 g/mol. The summed E-state index contributed by atoms with van der Waals surface area (Å²) in [6.07, 6.45) is 4.72. The second-order valence-corrected chi connectivity index (χ2v) is 10.8. The highest BCUT2D eigenvalue weighted by Gasteiger charge is 2.35. The number of aromatic nitrogens is 3. The van der Waals surface area contributed by atoms with E-state index in [0.717, 1.165) is 18.4 Å². The molecule has 0 aliphatic carbocycles. The number of hydrogen-bond acceptors (Lipinski definition) is 9. The summed E-state index contributed by atoms with van der Waals surface area (Å²) in [6, 6.07) is 5.75. The van der Waals surface area contributed by atoms with Crippen LogP contribution >= 0.6 is 23.2 Å². The Kier molecular flexibility index (Phi) is 8.88. The maximum absolute atomic E-state index is 13.5. The van der Waals surface area contributed by atoms with Crippen LogP contribution < -0.4 is 16.0 Å². The Balaban J connectivity index is 1.31. The molecular formula is C28H31Cl2N7O4. The van der Waals surface area contributed by atoms with Gasteiger partial charge in [0.15, 0.2) is 0 Å². The van der Waals surface area contributed by atoms with Gasteiger partial charge in [-0.2, -0.15) is 0 Å². The molecule has 0 spiro atoms. The Morgan fingerprint density at radius 3 is 2.66 bits per heavy atom. The fourth-order valence-electron chi connectivity index (χ4n) is 4.96. The monoisotopic (exact) mass is 599 g/mol. The minimum Gasteiger partial charge on any atom is -0.394 e. The summed E-state index contributed by atoms with van der Waals surface area (Å²) in [4.78, 5) is 41.3. The van der Waals surface area contributed by atoms with Crippen molar-refractivity contribution in [1.82, 2.24) is 25.2 Å². The molecule has 2 aliphatic rings. The van der Waals surface area contributed by atoms with E-state index in [-0.39, 0.29) is 25.1 Å². The highest BCUT2D eigenvalue weighted by Crippen LogP contribution is 2.33. The molecule has 2 amide bonds. The van der Waals surface area contributed by atoms with Crippen LogP contribution in [0.3, 0.4) is 0 Å². The maximum atomic E-state index is 13.5. The smallest absolute Gasteiger partial charge is 0.255 e. The summed E-state index contributed by atoms with van der Waals surface area (Å²) in [7, 11) is 1.71. The van der Waals surface area contributed by atoms with Crippen molar-refractivity contribution in [3.8, 4) is 11.3 Å². The molecule has 41 heavy (non-hydrogen) atoms. The van der Waals surface area contributed by atoms with Gasteiger partial charge in [-0.25, -0.2) is 15.0 Å². The summed E-state index contributed by atoms with van der Waals surface area (Å²) in [5.41, 5.74) is 2.97. The van der Waals surface area contributed by atoms with Crippen LogP contribution in [-0.4, -0.2) is 75.7 Å². The highest BCUT2D eigenvalue weighted by molar-refractivity contribution is 6.33. The normalized spacial score (nSPS) is 16.7. The minimum absolute atomic E-state index is 0.214. The zero-order chi connectivity index (χ0) is 29.1. The fourth-order valence-corrected chi connectivity index (χ4v) is 5.40. The van der Waals surface area contributed by atoms with Gasteiger partial charge in [0.1, 0.15) is 11.9 Å². The standard InChI is InChI=1S/C28H31Cl2N7O4/c1-15(26(39)35-23(14-38)20-10-24(31-2)32-11-21(20)29)37-13-17-4-3-16(9-19(17)27(37)40)25-22(30)12-33-28(36-25)34-18-5-7-41-8-6-18/h3-4,9-12,15,18,23,38H,5-8,13-14H2,1-2H3,(H,31,32)(H,35,39)(H,33,34,36)/t15?,23-/m1/s1. The number of pyridine rings is 1. The first-order valence-corrected chi connectivity index (χ1v) is 14.1. The van der Waals surface area contributed by atoms with E-state index in [9.17, 15) is 14.7 Å². The lowest BCUT2D eigenvalue weighted by Crippen LogP contribution is -2.46. The number of hydrogen-bond donors (Lipinski definition) is 4. The van der Waals surface area contributed by atoms with Crippen LogP contribution in [0, 0.1) is 0 Å². The van der Waals surface area contributed by atoms with Gasteiger partial charge in [0.2, 0.25) is 11.9 Å². The average Bonchev–Trinajstić information content (AvgIpc) is 3.32. The summed E-state index contributed by atoms with van der Waals surface area (Å²) in [5, 5.41) is 19.7. The number of carbonyl (C=O) groups excluding carboxylic acids is 2. The van der Waals surface area contributed by atoms with Crippen LogP contribution in [0.25, 0.3) is 11.3 Å². The van der Waals surface area contributed by atoms with Crippen molar-refractivity contribution in [3.05, 3.63) is 63.4 Å². The van der Waals surface area contributed by atoms with E-state index in [1.807, 2.05) is 12.1 Å².